The molecule has 3 atom stereocenters. The average molecular weight is 583 g/mol. The first kappa shape index (κ1) is 31.1. The van der Waals surface area contributed by atoms with E-state index in [4.69, 9.17) is 9.47 Å². The van der Waals surface area contributed by atoms with Crippen LogP contribution >= 0.6 is 0 Å². The van der Waals surface area contributed by atoms with Crippen molar-refractivity contribution in [3.63, 3.8) is 0 Å². The number of nitro benzene ring substituents is 1. The van der Waals surface area contributed by atoms with Gasteiger partial charge >= 0.3 is 11.9 Å². The van der Waals surface area contributed by atoms with Crippen LogP contribution < -0.4 is 5.32 Å². The van der Waals surface area contributed by atoms with E-state index in [0.717, 1.165) is 0 Å². The largest absolute Gasteiger partial charge is 0.466 e. The topological polar surface area (TPSA) is 114 Å². The van der Waals surface area contributed by atoms with E-state index in [1.165, 1.54) is 18.2 Å². The number of hydrogen-bond donors (Lipinski definition) is 1. The third kappa shape index (κ3) is 5.89. The minimum atomic E-state index is -1.24. The Balaban J connectivity index is 2.11. The van der Waals surface area contributed by atoms with Crippen LogP contribution in [-0.2, 0) is 24.6 Å². The van der Waals surface area contributed by atoms with E-state index >= 15 is 0 Å². The zero-order valence-corrected chi connectivity index (χ0v) is 24.8. The molecule has 3 unspecified atom stereocenters. The molecule has 0 bridgehead atoms. The molecule has 4 rings (SSSR count). The summed E-state index contributed by atoms with van der Waals surface area (Å²) in [6, 6.07) is 12.0. The molecule has 1 saturated heterocycles. The summed E-state index contributed by atoms with van der Waals surface area (Å²) in [4.78, 5) is 40.0. The molecule has 11 heteroatoms. The summed E-state index contributed by atoms with van der Waals surface area (Å²) in [5.74, 6) is -3.93. The fourth-order valence-electron chi connectivity index (χ4n) is 6.20. The van der Waals surface area contributed by atoms with Crippen LogP contribution in [0.2, 0.25) is 0 Å². The Kier molecular flexibility index (Phi) is 9.63. The number of hydrogen-bond acceptors (Lipinski definition) is 9. The van der Waals surface area contributed by atoms with E-state index in [1.807, 2.05) is 25.8 Å². The zero-order chi connectivity index (χ0) is 30.6. The van der Waals surface area contributed by atoms with Crippen molar-refractivity contribution in [2.24, 2.45) is 11.8 Å². The Morgan fingerprint density at radius 2 is 1.76 bits per heavy atom. The molecule has 2 aromatic carbocycles. The number of nitro groups is 1. The highest BCUT2D eigenvalue weighted by Crippen LogP contribution is 2.55. The molecule has 0 aliphatic carbocycles. The van der Waals surface area contributed by atoms with Gasteiger partial charge in [0.1, 0.15) is 5.82 Å². The smallest absolute Gasteiger partial charge is 0.336 e. The Bertz CT molecular complexity index is 1340. The van der Waals surface area contributed by atoms with E-state index in [0.29, 0.717) is 37.4 Å². The summed E-state index contributed by atoms with van der Waals surface area (Å²) in [6.45, 7) is 11.8. The van der Waals surface area contributed by atoms with E-state index in [9.17, 15) is 24.1 Å². The van der Waals surface area contributed by atoms with Gasteiger partial charge < -0.3 is 14.8 Å². The lowest BCUT2D eigenvalue weighted by atomic mass is 9.64. The standard InChI is InChI=1S/C31H39FN4O6/c1-6-41-30(38)28-27(24-9-7-8-10-25(24)36(39)40)26(29(37)42-19-20(2)3)21(4)35(34-17-15-33-16-18-34)31(28,5)22-11-13-23(32)14-12-22/h7-14,20,27-28,33H,6,15-19H2,1-5H3. The van der Waals surface area contributed by atoms with Crippen LogP contribution in [0.15, 0.2) is 59.8 Å². The molecule has 2 heterocycles. The van der Waals surface area contributed by atoms with Gasteiger partial charge in [-0.05, 0) is 44.4 Å². The van der Waals surface area contributed by atoms with E-state index in [1.54, 1.807) is 44.2 Å². The lowest BCUT2D eigenvalue weighted by Crippen LogP contribution is -2.65. The molecule has 0 saturated carbocycles. The van der Waals surface area contributed by atoms with Gasteiger partial charge in [-0.15, -0.1) is 0 Å². The van der Waals surface area contributed by atoms with Gasteiger partial charge in [0.25, 0.3) is 5.69 Å². The second-order valence-corrected chi connectivity index (χ2v) is 11.2. The van der Waals surface area contributed by atoms with Crippen LogP contribution in [0.4, 0.5) is 10.1 Å². The average Bonchev–Trinajstić information content (AvgIpc) is 2.96. The monoisotopic (exact) mass is 582 g/mol. The highest BCUT2D eigenvalue weighted by molar-refractivity contribution is 5.94. The number of rotatable bonds is 9. The first-order chi connectivity index (χ1) is 20.0. The molecular formula is C31H39FN4O6. The summed E-state index contributed by atoms with van der Waals surface area (Å²) < 4.78 is 25.6. The number of carbonyl (C=O) groups is 2. The molecule has 2 aliphatic heterocycles. The summed E-state index contributed by atoms with van der Waals surface area (Å²) >= 11 is 0. The van der Waals surface area contributed by atoms with Gasteiger partial charge in [-0.1, -0.05) is 44.2 Å². The number of piperazine rings is 1. The predicted molar refractivity (Wildman–Crippen MR) is 154 cm³/mol. The van der Waals surface area contributed by atoms with Gasteiger partial charge in [-0.2, -0.15) is 0 Å². The minimum Gasteiger partial charge on any atom is -0.466 e. The van der Waals surface area contributed by atoms with Crippen molar-refractivity contribution in [1.82, 2.24) is 15.3 Å². The zero-order valence-electron chi connectivity index (χ0n) is 24.8. The van der Waals surface area contributed by atoms with Crippen LogP contribution in [0, 0.1) is 27.8 Å². The number of nitrogens with one attached hydrogen (secondary N) is 1. The minimum absolute atomic E-state index is 0.0394. The number of ether oxygens (including phenoxy) is 2. The number of allylic oxidation sites excluding steroid dienone is 1. The molecular weight excluding hydrogens is 543 g/mol. The van der Waals surface area contributed by atoms with Crippen LogP contribution in [0.5, 0.6) is 0 Å². The third-order valence-electron chi connectivity index (χ3n) is 7.98. The Morgan fingerprint density at radius 3 is 2.36 bits per heavy atom. The SMILES string of the molecule is CCOC(=O)C1C(c2ccccc2[N+](=O)[O-])C(C(=O)OCC(C)C)=C(C)N(N2CCNCC2)C1(C)c1ccc(F)cc1. The van der Waals surface area contributed by atoms with Gasteiger partial charge in [0.15, 0.2) is 0 Å². The number of nitrogens with zero attached hydrogens (tertiary/aromatic N) is 3. The van der Waals surface area contributed by atoms with Crippen LogP contribution in [0.1, 0.15) is 51.7 Å². The highest BCUT2D eigenvalue weighted by atomic mass is 19.1. The summed E-state index contributed by atoms with van der Waals surface area (Å²) in [7, 11) is 0. The molecule has 42 heavy (non-hydrogen) atoms. The maximum Gasteiger partial charge on any atom is 0.336 e. The molecule has 1 fully saturated rings. The van der Waals surface area contributed by atoms with E-state index in [2.05, 4.69) is 10.3 Å². The normalized spacial score (nSPS) is 23.2. The Hall–Kier alpha value is -3.83. The third-order valence-corrected chi connectivity index (χ3v) is 7.98. The first-order valence-electron chi connectivity index (χ1n) is 14.3. The number of para-hydroxylation sites is 1. The summed E-state index contributed by atoms with van der Waals surface area (Å²) in [5.41, 5.74) is -0.0155. The van der Waals surface area contributed by atoms with E-state index in [-0.39, 0.29) is 36.0 Å². The molecule has 2 aliphatic rings. The van der Waals surface area contributed by atoms with Crippen LogP contribution in [0.3, 0.4) is 0 Å². The van der Waals surface area contributed by atoms with Gasteiger partial charge in [0, 0.05) is 49.4 Å². The number of benzene rings is 2. The lowest BCUT2D eigenvalue weighted by Gasteiger charge is -2.57. The van der Waals surface area contributed by atoms with Crippen molar-refractivity contribution in [3.8, 4) is 0 Å². The van der Waals surface area contributed by atoms with Crippen molar-refractivity contribution < 1.29 is 28.4 Å². The molecule has 226 valence electrons. The molecule has 0 aromatic heterocycles. The maximum atomic E-state index is 14.2. The van der Waals surface area contributed by atoms with Crippen molar-refractivity contribution in [3.05, 3.63) is 86.9 Å². The maximum absolute atomic E-state index is 14.2. The number of hydrazine groups is 1. The second kappa shape index (κ2) is 13.0. The number of carbonyl (C=O) groups excluding carboxylic acids is 2. The molecule has 1 N–H and O–H groups in total. The van der Waals surface area contributed by atoms with Crippen molar-refractivity contribution >= 4 is 17.6 Å². The quantitative estimate of drug-likeness (QED) is 0.259. The molecule has 0 spiro atoms. The number of halogens is 1. The van der Waals surface area contributed by atoms with Crippen LogP contribution in [-0.4, -0.2) is 66.3 Å². The van der Waals surface area contributed by atoms with E-state index < -0.39 is 40.1 Å². The van der Waals surface area contributed by atoms with Crippen molar-refractivity contribution in [2.75, 3.05) is 39.4 Å². The van der Waals surface area contributed by atoms with Gasteiger partial charge in [0.05, 0.1) is 35.2 Å². The summed E-state index contributed by atoms with van der Waals surface area (Å²) in [5, 5.41) is 19.6. The first-order valence-corrected chi connectivity index (χ1v) is 14.3. The van der Waals surface area contributed by atoms with Crippen LogP contribution in [0.25, 0.3) is 0 Å². The fourth-order valence-corrected chi connectivity index (χ4v) is 6.20. The lowest BCUT2D eigenvalue weighted by molar-refractivity contribution is -0.385. The fraction of sp³-hybridized carbons (Fsp3) is 0.484. The molecule has 2 aromatic rings. The number of esters is 2. The van der Waals surface area contributed by atoms with Crippen molar-refractivity contribution in [1.29, 1.82) is 0 Å². The molecule has 0 amide bonds. The molecule has 10 nitrogen and oxygen atoms in total. The van der Waals surface area contributed by atoms with Gasteiger partial charge in [-0.25, -0.2) is 14.2 Å². The molecule has 0 radical (unpaired) electrons. The Morgan fingerprint density at radius 1 is 1.12 bits per heavy atom. The Labute approximate surface area is 245 Å². The second-order valence-electron chi connectivity index (χ2n) is 11.2. The highest BCUT2D eigenvalue weighted by Gasteiger charge is 2.59. The van der Waals surface area contributed by atoms with Gasteiger partial charge in [0.2, 0.25) is 0 Å². The summed E-state index contributed by atoms with van der Waals surface area (Å²) in [6.07, 6.45) is 0. The van der Waals surface area contributed by atoms with Crippen molar-refractivity contribution in [2.45, 2.75) is 46.1 Å². The predicted octanol–water partition coefficient (Wildman–Crippen LogP) is 4.52. The van der Waals surface area contributed by atoms with Gasteiger partial charge in [-0.3, -0.25) is 19.9 Å².